The van der Waals surface area contributed by atoms with Crippen molar-refractivity contribution in [3.63, 3.8) is 0 Å². The molecule has 1 aromatic carbocycles. The number of amidine groups is 1. The Morgan fingerprint density at radius 3 is 1.83 bits per heavy atom. The minimum atomic E-state index is -4.86. The van der Waals surface area contributed by atoms with Crippen LogP contribution in [0.4, 0.5) is 32.0 Å². The van der Waals surface area contributed by atoms with E-state index in [1.54, 1.807) is 6.26 Å². The first-order valence-electron chi connectivity index (χ1n) is 6.78. The molecule has 1 heterocycles. The van der Waals surface area contributed by atoms with E-state index in [1.165, 1.54) is 11.8 Å². The van der Waals surface area contributed by atoms with Crippen LogP contribution >= 0.6 is 11.8 Å². The third-order valence-electron chi connectivity index (χ3n) is 3.36. The summed E-state index contributed by atoms with van der Waals surface area (Å²) >= 11 is 1.20. The molecule has 0 bridgehead atoms. The highest BCUT2D eigenvalue weighted by molar-refractivity contribution is 8.13. The van der Waals surface area contributed by atoms with Gasteiger partial charge in [0.2, 0.25) is 0 Å². The Bertz CT molecular complexity index is 556. The molecule has 0 unspecified atom stereocenters. The Balaban J connectivity index is 2.48. The molecule has 1 aromatic rings. The third-order valence-corrected chi connectivity index (χ3v) is 4.07. The summed E-state index contributed by atoms with van der Waals surface area (Å²) in [7, 11) is 0. The van der Waals surface area contributed by atoms with Crippen molar-refractivity contribution in [2.45, 2.75) is 25.2 Å². The lowest BCUT2D eigenvalue weighted by molar-refractivity contribution is -0.143. The summed E-state index contributed by atoms with van der Waals surface area (Å²) in [5, 5.41) is 0.426. The lowest BCUT2D eigenvalue weighted by Gasteiger charge is -2.18. The van der Waals surface area contributed by atoms with Crippen LogP contribution in [0.5, 0.6) is 0 Å². The Labute approximate surface area is 133 Å². The van der Waals surface area contributed by atoms with Gasteiger partial charge in [0, 0.05) is 13.1 Å². The number of benzene rings is 1. The van der Waals surface area contributed by atoms with Gasteiger partial charge < -0.3 is 4.90 Å². The molecule has 0 spiro atoms. The predicted octanol–water partition coefficient (Wildman–Crippen LogP) is 5.17. The summed E-state index contributed by atoms with van der Waals surface area (Å²) in [4.78, 5) is 5.87. The minimum Gasteiger partial charge on any atom is -0.351 e. The van der Waals surface area contributed by atoms with Gasteiger partial charge in [0.05, 0.1) is 16.8 Å². The van der Waals surface area contributed by atoms with E-state index in [9.17, 15) is 26.3 Å². The summed E-state index contributed by atoms with van der Waals surface area (Å²) in [6, 6.07) is 1.39. The van der Waals surface area contributed by atoms with Gasteiger partial charge in [0.15, 0.2) is 5.17 Å². The number of alkyl halides is 6. The molecule has 2 rings (SSSR count). The summed E-state index contributed by atoms with van der Waals surface area (Å²) in [6.45, 7) is 1.40. The van der Waals surface area contributed by atoms with Crippen LogP contribution in [0.2, 0.25) is 0 Å². The average molecular weight is 356 g/mol. The molecule has 1 aliphatic heterocycles. The molecule has 9 heteroatoms. The molecule has 2 nitrogen and oxygen atoms in total. The zero-order valence-electron chi connectivity index (χ0n) is 12.1. The molecule has 0 atom stereocenters. The van der Waals surface area contributed by atoms with E-state index in [1.807, 2.05) is 4.90 Å². The number of nitrogens with zero attached hydrogens (tertiary/aromatic N) is 2. The van der Waals surface area contributed by atoms with Gasteiger partial charge >= 0.3 is 12.4 Å². The molecule has 1 saturated heterocycles. The molecule has 1 fully saturated rings. The Morgan fingerprint density at radius 1 is 0.957 bits per heavy atom. The average Bonchev–Trinajstić information content (AvgIpc) is 2.96. The predicted molar refractivity (Wildman–Crippen MR) is 77.9 cm³/mol. The highest BCUT2D eigenvalue weighted by Crippen LogP contribution is 2.38. The fourth-order valence-corrected chi connectivity index (χ4v) is 2.90. The Hall–Kier alpha value is -1.38. The molecule has 0 saturated carbocycles. The maximum atomic E-state index is 12.8. The Morgan fingerprint density at radius 2 is 1.43 bits per heavy atom. The van der Waals surface area contributed by atoms with E-state index in [4.69, 9.17) is 0 Å². The standard InChI is InChI=1S/C14H14F6N2S/c1-23-12(22-4-2-3-5-22)21-11-7-9(13(15,16)17)6-10(8-11)14(18,19)20/h6-8H,2-5H2,1H3. The first kappa shape index (κ1) is 18.0. The van der Waals surface area contributed by atoms with Gasteiger partial charge in [-0.05, 0) is 37.3 Å². The molecule has 23 heavy (non-hydrogen) atoms. The van der Waals surface area contributed by atoms with E-state index in [0.717, 1.165) is 12.8 Å². The summed E-state index contributed by atoms with van der Waals surface area (Å²) in [6.07, 6.45) is -6.18. The van der Waals surface area contributed by atoms with Crippen molar-refractivity contribution in [3.05, 3.63) is 29.3 Å². The first-order chi connectivity index (χ1) is 10.6. The van der Waals surface area contributed by atoms with Crippen molar-refractivity contribution in [2.75, 3.05) is 19.3 Å². The highest BCUT2D eigenvalue weighted by Gasteiger charge is 2.37. The van der Waals surface area contributed by atoms with Crippen molar-refractivity contribution in [1.82, 2.24) is 4.90 Å². The lowest BCUT2D eigenvalue weighted by Crippen LogP contribution is -2.24. The zero-order valence-corrected chi connectivity index (χ0v) is 12.9. The fraction of sp³-hybridized carbons (Fsp3) is 0.500. The number of hydrogen-bond acceptors (Lipinski definition) is 2. The normalized spacial score (nSPS) is 17.0. The number of hydrogen-bond donors (Lipinski definition) is 0. The molecule has 0 radical (unpaired) electrons. The highest BCUT2D eigenvalue weighted by atomic mass is 32.2. The molecule has 0 amide bonds. The summed E-state index contributed by atoms with van der Waals surface area (Å²) in [5.41, 5.74) is -3.05. The quantitative estimate of drug-likeness (QED) is 0.392. The van der Waals surface area contributed by atoms with Gasteiger partial charge in [-0.3, -0.25) is 0 Å². The van der Waals surface area contributed by atoms with Crippen molar-refractivity contribution in [2.24, 2.45) is 4.99 Å². The molecule has 0 aliphatic carbocycles. The minimum absolute atomic E-state index is 0.105. The van der Waals surface area contributed by atoms with Gasteiger partial charge in [-0.1, -0.05) is 11.8 Å². The number of thioether (sulfide) groups is 1. The molecule has 0 aromatic heterocycles. The van der Waals surface area contributed by atoms with Crippen molar-refractivity contribution in [3.8, 4) is 0 Å². The van der Waals surface area contributed by atoms with E-state index in [0.29, 0.717) is 30.4 Å². The van der Waals surface area contributed by atoms with Crippen molar-refractivity contribution >= 4 is 22.6 Å². The van der Waals surface area contributed by atoms with Crippen LogP contribution in [0.1, 0.15) is 24.0 Å². The lowest BCUT2D eigenvalue weighted by atomic mass is 10.1. The van der Waals surface area contributed by atoms with Crippen LogP contribution in [-0.2, 0) is 12.4 Å². The number of likely N-dealkylation sites (tertiary alicyclic amines) is 1. The van der Waals surface area contributed by atoms with Crippen molar-refractivity contribution < 1.29 is 26.3 Å². The van der Waals surface area contributed by atoms with Crippen LogP contribution in [0, 0.1) is 0 Å². The maximum Gasteiger partial charge on any atom is 0.416 e. The maximum absolute atomic E-state index is 12.8. The molecular formula is C14H14F6N2S. The van der Waals surface area contributed by atoms with Gasteiger partial charge in [-0.15, -0.1) is 0 Å². The second-order valence-corrected chi connectivity index (χ2v) is 5.83. The SMILES string of the molecule is CSC(=Nc1cc(C(F)(F)F)cc(C(F)(F)F)c1)N1CCCC1. The summed E-state index contributed by atoms with van der Waals surface area (Å²) in [5.74, 6) is 0. The second kappa shape index (κ2) is 6.62. The van der Waals surface area contributed by atoms with Crippen LogP contribution in [0.25, 0.3) is 0 Å². The third kappa shape index (κ3) is 4.55. The van der Waals surface area contributed by atoms with Gasteiger partial charge in [-0.25, -0.2) is 4.99 Å². The molecule has 128 valence electrons. The van der Waals surface area contributed by atoms with E-state index >= 15 is 0 Å². The van der Waals surface area contributed by atoms with E-state index in [2.05, 4.69) is 4.99 Å². The topological polar surface area (TPSA) is 15.6 Å². The Kier molecular flexibility index (Phi) is 5.17. The van der Waals surface area contributed by atoms with E-state index in [-0.39, 0.29) is 11.8 Å². The monoisotopic (exact) mass is 356 g/mol. The van der Waals surface area contributed by atoms with Gasteiger partial charge in [-0.2, -0.15) is 26.3 Å². The van der Waals surface area contributed by atoms with Crippen LogP contribution in [0.3, 0.4) is 0 Å². The molecular weight excluding hydrogens is 342 g/mol. The summed E-state index contributed by atoms with van der Waals surface area (Å²) < 4.78 is 76.9. The van der Waals surface area contributed by atoms with Gasteiger partial charge in [0.1, 0.15) is 0 Å². The van der Waals surface area contributed by atoms with Crippen LogP contribution < -0.4 is 0 Å². The molecule has 0 N–H and O–H groups in total. The van der Waals surface area contributed by atoms with E-state index < -0.39 is 23.5 Å². The largest absolute Gasteiger partial charge is 0.416 e. The number of rotatable bonds is 1. The van der Waals surface area contributed by atoms with Crippen molar-refractivity contribution in [1.29, 1.82) is 0 Å². The van der Waals surface area contributed by atoms with Gasteiger partial charge in [0.25, 0.3) is 0 Å². The number of aliphatic imine (C=N–C) groups is 1. The zero-order chi connectivity index (χ0) is 17.3. The van der Waals surface area contributed by atoms with Crippen LogP contribution in [-0.4, -0.2) is 29.4 Å². The first-order valence-corrected chi connectivity index (χ1v) is 8.01. The second-order valence-electron chi connectivity index (χ2n) is 5.06. The number of halogens is 6. The molecule has 1 aliphatic rings. The fourth-order valence-electron chi connectivity index (χ4n) is 2.27. The van der Waals surface area contributed by atoms with Crippen LogP contribution in [0.15, 0.2) is 23.2 Å². The smallest absolute Gasteiger partial charge is 0.351 e.